The third-order valence-electron chi connectivity index (χ3n) is 5.51. The third-order valence-corrected chi connectivity index (χ3v) is 6.19. The van der Waals surface area contributed by atoms with E-state index >= 15 is 0 Å². The molecule has 1 heterocycles. The Hall–Kier alpha value is -4.95. The van der Waals surface area contributed by atoms with E-state index in [1.165, 1.54) is 6.21 Å². The maximum Gasteiger partial charge on any atom is 0.270 e. The third kappa shape index (κ3) is 7.33. The minimum absolute atomic E-state index is 0.0710. The van der Waals surface area contributed by atoms with Gasteiger partial charge in [-0.05, 0) is 40.5 Å². The molecule has 1 amide bonds. The fraction of sp³-hybridized carbons (Fsp3) is 0.138. The highest BCUT2D eigenvalue weighted by molar-refractivity contribution is 9.10. The summed E-state index contributed by atoms with van der Waals surface area (Å²) in [4.78, 5) is 31.6. The number of nitriles is 1. The van der Waals surface area contributed by atoms with Crippen LogP contribution >= 0.6 is 15.9 Å². The summed E-state index contributed by atoms with van der Waals surface area (Å²) >= 11 is 3.50. The van der Waals surface area contributed by atoms with E-state index in [9.17, 15) is 14.9 Å². The standard InChI is InChI=1S/C29H25BrN6O4/c1-2-39-24-13-21(23(30)14-25(24)40-18-26(37)32-16-19-9-5-3-6-10-19)17-33-36-29-34-27(20-11-7-4-8-12-20)22(15-31)28(38)35-29/h3-14,17H,2,16,18H2,1H3,(H,32,37)(H2,34,35,36,38). The van der Waals surface area contributed by atoms with Crippen LogP contribution in [0, 0.1) is 11.3 Å². The number of halogens is 1. The second-order valence-electron chi connectivity index (χ2n) is 8.29. The Morgan fingerprint density at radius 1 is 1.10 bits per heavy atom. The van der Waals surface area contributed by atoms with E-state index < -0.39 is 5.56 Å². The molecule has 0 spiro atoms. The van der Waals surface area contributed by atoms with Gasteiger partial charge in [-0.1, -0.05) is 60.7 Å². The second-order valence-corrected chi connectivity index (χ2v) is 9.14. The van der Waals surface area contributed by atoms with E-state index in [1.807, 2.05) is 49.4 Å². The smallest absolute Gasteiger partial charge is 0.270 e. The van der Waals surface area contributed by atoms with Crippen molar-refractivity contribution in [2.75, 3.05) is 18.6 Å². The van der Waals surface area contributed by atoms with Crippen molar-refractivity contribution in [1.82, 2.24) is 15.3 Å². The van der Waals surface area contributed by atoms with Crippen LogP contribution in [0.1, 0.15) is 23.6 Å². The van der Waals surface area contributed by atoms with Crippen LogP contribution in [0.3, 0.4) is 0 Å². The van der Waals surface area contributed by atoms with Crippen LogP contribution < -0.4 is 25.8 Å². The number of benzene rings is 3. The van der Waals surface area contributed by atoms with E-state index in [1.54, 1.807) is 36.4 Å². The summed E-state index contributed by atoms with van der Waals surface area (Å²) in [6.45, 7) is 2.44. The molecule has 4 rings (SSSR count). The van der Waals surface area contributed by atoms with Gasteiger partial charge in [0.2, 0.25) is 5.95 Å². The molecule has 40 heavy (non-hydrogen) atoms. The van der Waals surface area contributed by atoms with Crippen LogP contribution in [0.25, 0.3) is 11.3 Å². The first-order valence-electron chi connectivity index (χ1n) is 12.3. The van der Waals surface area contributed by atoms with Crippen molar-refractivity contribution >= 4 is 34.0 Å². The predicted molar refractivity (Wildman–Crippen MR) is 155 cm³/mol. The lowest BCUT2D eigenvalue weighted by Crippen LogP contribution is -2.28. The molecule has 3 aromatic carbocycles. The second kappa shape index (κ2) is 13.7. The quantitative estimate of drug-likeness (QED) is 0.168. The fourth-order valence-electron chi connectivity index (χ4n) is 3.62. The molecule has 11 heteroatoms. The van der Waals surface area contributed by atoms with Crippen molar-refractivity contribution in [1.29, 1.82) is 5.26 Å². The largest absolute Gasteiger partial charge is 0.490 e. The number of nitrogens with zero attached hydrogens (tertiary/aromatic N) is 3. The van der Waals surface area contributed by atoms with Gasteiger partial charge in [0.1, 0.15) is 11.6 Å². The Morgan fingerprint density at radius 2 is 1.80 bits per heavy atom. The maximum atomic E-state index is 12.5. The first kappa shape index (κ1) is 28.1. The number of H-pyrrole nitrogens is 1. The Morgan fingerprint density at radius 3 is 2.50 bits per heavy atom. The van der Waals surface area contributed by atoms with Crippen molar-refractivity contribution in [3.63, 3.8) is 0 Å². The zero-order valence-electron chi connectivity index (χ0n) is 21.5. The minimum atomic E-state index is -0.580. The molecule has 0 aliphatic carbocycles. The lowest BCUT2D eigenvalue weighted by atomic mass is 10.1. The molecule has 0 unspecified atom stereocenters. The van der Waals surface area contributed by atoms with Crippen LogP contribution in [-0.4, -0.2) is 35.3 Å². The Balaban J connectivity index is 1.46. The van der Waals surface area contributed by atoms with Gasteiger partial charge in [-0.25, -0.2) is 10.4 Å². The summed E-state index contributed by atoms with van der Waals surface area (Å²) in [6, 6.07) is 23.8. The molecule has 4 aromatic rings. The molecule has 0 fully saturated rings. The van der Waals surface area contributed by atoms with E-state index in [0.29, 0.717) is 40.3 Å². The van der Waals surface area contributed by atoms with Gasteiger partial charge >= 0.3 is 0 Å². The van der Waals surface area contributed by atoms with Crippen molar-refractivity contribution < 1.29 is 14.3 Å². The number of aromatic amines is 1. The monoisotopic (exact) mass is 600 g/mol. The number of nitrogens with one attached hydrogen (secondary N) is 3. The fourth-order valence-corrected chi connectivity index (χ4v) is 4.04. The number of hydrogen-bond acceptors (Lipinski definition) is 8. The first-order chi connectivity index (χ1) is 19.5. The Labute approximate surface area is 238 Å². The molecule has 0 bridgehead atoms. The molecular weight excluding hydrogens is 576 g/mol. The van der Waals surface area contributed by atoms with Gasteiger partial charge in [-0.3, -0.25) is 14.6 Å². The van der Waals surface area contributed by atoms with Crippen LogP contribution in [-0.2, 0) is 11.3 Å². The molecule has 10 nitrogen and oxygen atoms in total. The zero-order valence-corrected chi connectivity index (χ0v) is 23.1. The number of carbonyl (C=O) groups excluding carboxylic acids is 1. The van der Waals surface area contributed by atoms with E-state index in [-0.39, 0.29) is 29.7 Å². The number of hydrazone groups is 1. The van der Waals surface area contributed by atoms with Gasteiger partial charge in [0.15, 0.2) is 18.1 Å². The van der Waals surface area contributed by atoms with Crippen molar-refractivity contribution in [2.45, 2.75) is 13.5 Å². The average Bonchev–Trinajstić information content (AvgIpc) is 2.97. The summed E-state index contributed by atoms with van der Waals surface area (Å²) in [5.74, 6) is 0.622. The minimum Gasteiger partial charge on any atom is -0.490 e. The molecular formula is C29H25BrN6O4. The number of amides is 1. The molecule has 202 valence electrons. The van der Waals surface area contributed by atoms with E-state index in [0.717, 1.165) is 5.56 Å². The highest BCUT2D eigenvalue weighted by Gasteiger charge is 2.14. The SMILES string of the molecule is CCOc1cc(C=NNc2nc(-c3ccccc3)c(C#N)c(=O)[nH]2)c(Br)cc1OCC(=O)NCc1ccccc1. The number of aromatic nitrogens is 2. The molecule has 0 saturated carbocycles. The van der Waals surface area contributed by atoms with Gasteiger partial charge < -0.3 is 14.8 Å². The predicted octanol–water partition coefficient (Wildman–Crippen LogP) is 4.61. The molecule has 0 saturated heterocycles. The topological polar surface area (TPSA) is 141 Å². The highest BCUT2D eigenvalue weighted by Crippen LogP contribution is 2.33. The number of anilines is 1. The number of ether oxygens (including phenoxy) is 2. The van der Waals surface area contributed by atoms with Gasteiger partial charge in [0, 0.05) is 22.1 Å². The lowest BCUT2D eigenvalue weighted by Gasteiger charge is -2.14. The van der Waals surface area contributed by atoms with Crippen molar-refractivity contribution in [2.24, 2.45) is 5.10 Å². The molecule has 0 radical (unpaired) electrons. The van der Waals surface area contributed by atoms with Gasteiger partial charge in [-0.2, -0.15) is 10.4 Å². The number of carbonyl (C=O) groups is 1. The molecule has 0 atom stereocenters. The number of hydrogen-bond donors (Lipinski definition) is 3. The molecule has 0 aliphatic rings. The van der Waals surface area contributed by atoms with Crippen molar-refractivity contribution in [3.05, 3.63) is 104 Å². The average molecular weight is 601 g/mol. The lowest BCUT2D eigenvalue weighted by molar-refractivity contribution is -0.123. The van der Waals surface area contributed by atoms with Crippen LogP contribution in [0.4, 0.5) is 5.95 Å². The van der Waals surface area contributed by atoms with Crippen LogP contribution in [0.15, 0.2) is 87.2 Å². The van der Waals surface area contributed by atoms with Gasteiger partial charge in [-0.15, -0.1) is 0 Å². The van der Waals surface area contributed by atoms with Crippen LogP contribution in [0.2, 0.25) is 0 Å². The molecule has 1 aromatic heterocycles. The summed E-state index contributed by atoms with van der Waals surface area (Å²) in [6.07, 6.45) is 1.50. The van der Waals surface area contributed by atoms with E-state index in [4.69, 9.17) is 9.47 Å². The van der Waals surface area contributed by atoms with Gasteiger partial charge in [0.25, 0.3) is 11.5 Å². The summed E-state index contributed by atoms with van der Waals surface area (Å²) < 4.78 is 12.1. The summed E-state index contributed by atoms with van der Waals surface area (Å²) in [7, 11) is 0. The normalized spacial score (nSPS) is 10.6. The van der Waals surface area contributed by atoms with Gasteiger partial charge in [0.05, 0.1) is 18.5 Å². The Bertz CT molecular complexity index is 1600. The zero-order chi connectivity index (χ0) is 28.3. The number of rotatable bonds is 11. The maximum absolute atomic E-state index is 12.5. The van der Waals surface area contributed by atoms with Crippen LogP contribution in [0.5, 0.6) is 11.5 Å². The highest BCUT2D eigenvalue weighted by atomic mass is 79.9. The summed E-state index contributed by atoms with van der Waals surface area (Å²) in [5.41, 5.74) is 4.54. The molecule has 0 aliphatic heterocycles. The van der Waals surface area contributed by atoms with E-state index in [2.05, 4.69) is 41.7 Å². The van der Waals surface area contributed by atoms with Crippen molar-refractivity contribution in [3.8, 4) is 28.8 Å². The Kier molecular flexibility index (Phi) is 9.63. The summed E-state index contributed by atoms with van der Waals surface area (Å²) in [5, 5.41) is 16.4. The molecule has 3 N–H and O–H groups in total. The first-order valence-corrected chi connectivity index (χ1v) is 13.1.